The van der Waals surface area contributed by atoms with Crippen molar-refractivity contribution in [2.24, 2.45) is 0 Å². The minimum absolute atomic E-state index is 0.411. The van der Waals surface area contributed by atoms with Gasteiger partial charge < -0.3 is 10.1 Å². The Kier molecular flexibility index (Phi) is 5.38. The van der Waals surface area contributed by atoms with E-state index < -0.39 is 0 Å². The van der Waals surface area contributed by atoms with Gasteiger partial charge in [0.1, 0.15) is 17.6 Å². The van der Waals surface area contributed by atoms with E-state index in [0.717, 1.165) is 16.6 Å². The normalized spacial score (nSPS) is 10.4. The second kappa shape index (κ2) is 7.26. The van der Waals surface area contributed by atoms with Gasteiger partial charge in [-0.15, -0.1) is 0 Å². The van der Waals surface area contributed by atoms with Gasteiger partial charge in [-0.05, 0) is 42.0 Å². The summed E-state index contributed by atoms with van der Waals surface area (Å²) < 4.78 is 6.76. The van der Waals surface area contributed by atoms with E-state index in [-0.39, 0.29) is 0 Å². The average molecular weight is 345 g/mol. The molecule has 0 aliphatic rings. The molecule has 2 aromatic carbocycles. The fourth-order valence-electron chi connectivity index (χ4n) is 1.82. The summed E-state index contributed by atoms with van der Waals surface area (Å²) in [6.07, 6.45) is 0. The van der Waals surface area contributed by atoms with Crippen molar-refractivity contribution in [1.29, 1.82) is 5.26 Å². The predicted octanol–water partition coefficient (Wildman–Crippen LogP) is 4.61. The van der Waals surface area contributed by atoms with E-state index in [1.54, 1.807) is 0 Å². The summed E-state index contributed by atoms with van der Waals surface area (Å²) in [6, 6.07) is 15.8. The Labute approximate surface area is 133 Å². The lowest BCUT2D eigenvalue weighted by Gasteiger charge is -2.11. The number of benzene rings is 2. The molecule has 0 radical (unpaired) electrons. The molecular formula is C17H17BrN2O. The number of nitrogens with one attached hydrogen (secondary N) is 1. The monoisotopic (exact) mass is 344 g/mol. The van der Waals surface area contributed by atoms with Gasteiger partial charge in [-0.1, -0.05) is 35.8 Å². The van der Waals surface area contributed by atoms with E-state index in [0.29, 0.717) is 23.1 Å². The van der Waals surface area contributed by atoms with Crippen molar-refractivity contribution in [2.75, 3.05) is 0 Å². The van der Waals surface area contributed by atoms with Gasteiger partial charge in [0.25, 0.3) is 0 Å². The summed E-state index contributed by atoms with van der Waals surface area (Å²) >= 11 is 3.38. The molecule has 2 rings (SSSR count). The van der Waals surface area contributed by atoms with Crippen LogP contribution in [0.3, 0.4) is 0 Å². The zero-order valence-electron chi connectivity index (χ0n) is 12.1. The van der Waals surface area contributed by atoms with E-state index in [1.807, 2.05) is 42.5 Å². The maximum absolute atomic E-state index is 9.28. The van der Waals surface area contributed by atoms with E-state index >= 15 is 0 Å². The van der Waals surface area contributed by atoms with Crippen LogP contribution in [0.15, 0.2) is 46.9 Å². The van der Waals surface area contributed by atoms with Gasteiger partial charge in [-0.3, -0.25) is 0 Å². The van der Waals surface area contributed by atoms with Crippen molar-refractivity contribution >= 4 is 15.9 Å². The molecule has 2 aromatic rings. The molecule has 21 heavy (non-hydrogen) atoms. The molecule has 0 amide bonds. The van der Waals surface area contributed by atoms with E-state index in [1.165, 1.54) is 0 Å². The summed E-state index contributed by atoms with van der Waals surface area (Å²) in [7, 11) is 0. The molecule has 0 heterocycles. The predicted molar refractivity (Wildman–Crippen MR) is 87.3 cm³/mol. The first kappa shape index (κ1) is 15.6. The van der Waals surface area contributed by atoms with Gasteiger partial charge in [0.05, 0.1) is 5.56 Å². The third-order valence-corrected chi connectivity index (χ3v) is 3.45. The van der Waals surface area contributed by atoms with Crippen molar-refractivity contribution in [3.63, 3.8) is 0 Å². The number of ether oxygens (including phenoxy) is 1. The zero-order chi connectivity index (χ0) is 15.2. The highest BCUT2D eigenvalue weighted by Crippen LogP contribution is 2.27. The highest BCUT2D eigenvalue weighted by Gasteiger charge is 2.07. The SMILES string of the molecule is CC(C)NCc1ccc(Oc2ccc(Br)cc2)c(C#N)c1. The van der Waals surface area contributed by atoms with Crippen LogP contribution in [0.2, 0.25) is 0 Å². The number of hydrogen-bond donors (Lipinski definition) is 1. The van der Waals surface area contributed by atoms with Crippen LogP contribution < -0.4 is 10.1 Å². The first-order valence-electron chi connectivity index (χ1n) is 6.78. The van der Waals surface area contributed by atoms with Crippen molar-refractivity contribution in [2.45, 2.75) is 26.4 Å². The quantitative estimate of drug-likeness (QED) is 0.861. The molecule has 1 N–H and O–H groups in total. The van der Waals surface area contributed by atoms with Gasteiger partial charge in [0.15, 0.2) is 0 Å². The van der Waals surface area contributed by atoms with Crippen LogP contribution >= 0.6 is 15.9 Å². The molecule has 3 nitrogen and oxygen atoms in total. The lowest BCUT2D eigenvalue weighted by atomic mass is 10.1. The molecular weight excluding hydrogens is 328 g/mol. The second-order valence-electron chi connectivity index (χ2n) is 5.03. The smallest absolute Gasteiger partial charge is 0.145 e. The average Bonchev–Trinajstić information content (AvgIpc) is 2.48. The highest BCUT2D eigenvalue weighted by atomic mass is 79.9. The topological polar surface area (TPSA) is 45.0 Å². The highest BCUT2D eigenvalue weighted by molar-refractivity contribution is 9.10. The molecule has 0 aliphatic carbocycles. The van der Waals surface area contributed by atoms with E-state index in [4.69, 9.17) is 4.74 Å². The Morgan fingerprint density at radius 2 is 1.90 bits per heavy atom. The van der Waals surface area contributed by atoms with Gasteiger partial charge in [-0.2, -0.15) is 5.26 Å². The molecule has 0 atom stereocenters. The lowest BCUT2D eigenvalue weighted by Crippen LogP contribution is -2.21. The number of hydrogen-bond acceptors (Lipinski definition) is 3. The van der Waals surface area contributed by atoms with Gasteiger partial charge >= 0.3 is 0 Å². The zero-order valence-corrected chi connectivity index (χ0v) is 13.6. The van der Waals surface area contributed by atoms with E-state index in [2.05, 4.69) is 41.2 Å². The minimum Gasteiger partial charge on any atom is -0.456 e. The maximum Gasteiger partial charge on any atom is 0.145 e. The van der Waals surface area contributed by atoms with Gasteiger partial charge in [0, 0.05) is 17.1 Å². The van der Waals surface area contributed by atoms with Crippen LogP contribution in [0.4, 0.5) is 0 Å². The summed E-state index contributed by atoms with van der Waals surface area (Å²) in [5.41, 5.74) is 1.62. The van der Waals surface area contributed by atoms with Crippen LogP contribution in [0, 0.1) is 11.3 Å². The van der Waals surface area contributed by atoms with Gasteiger partial charge in [-0.25, -0.2) is 0 Å². The first-order chi connectivity index (χ1) is 10.1. The largest absolute Gasteiger partial charge is 0.456 e. The Bertz CT molecular complexity index is 645. The van der Waals surface area contributed by atoms with E-state index in [9.17, 15) is 5.26 Å². The van der Waals surface area contributed by atoms with Crippen LogP contribution in [0.25, 0.3) is 0 Å². The molecule has 108 valence electrons. The summed E-state index contributed by atoms with van der Waals surface area (Å²) in [6.45, 7) is 4.93. The molecule has 0 bridgehead atoms. The van der Waals surface area contributed by atoms with Crippen molar-refractivity contribution in [1.82, 2.24) is 5.32 Å². The summed E-state index contributed by atoms with van der Waals surface area (Å²) in [5, 5.41) is 12.6. The molecule has 0 saturated heterocycles. The Balaban J connectivity index is 2.16. The van der Waals surface area contributed by atoms with Crippen molar-refractivity contribution < 1.29 is 4.74 Å². The number of rotatable bonds is 5. The van der Waals surface area contributed by atoms with Crippen LogP contribution in [-0.2, 0) is 6.54 Å². The third-order valence-electron chi connectivity index (χ3n) is 2.92. The second-order valence-corrected chi connectivity index (χ2v) is 5.95. The summed E-state index contributed by atoms with van der Waals surface area (Å²) in [4.78, 5) is 0. The molecule has 0 saturated carbocycles. The van der Waals surface area contributed by atoms with Crippen molar-refractivity contribution in [3.8, 4) is 17.6 Å². The Morgan fingerprint density at radius 3 is 2.52 bits per heavy atom. The number of nitrogens with zero attached hydrogens (tertiary/aromatic N) is 1. The molecule has 0 unspecified atom stereocenters. The Morgan fingerprint density at radius 1 is 1.19 bits per heavy atom. The van der Waals surface area contributed by atoms with Crippen LogP contribution in [0.1, 0.15) is 25.0 Å². The molecule has 0 aliphatic heterocycles. The number of nitriles is 1. The minimum atomic E-state index is 0.411. The first-order valence-corrected chi connectivity index (χ1v) is 7.57. The summed E-state index contributed by atoms with van der Waals surface area (Å²) in [5.74, 6) is 1.29. The fraction of sp³-hybridized carbons (Fsp3) is 0.235. The van der Waals surface area contributed by atoms with Gasteiger partial charge in [0.2, 0.25) is 0 Å². The molecule has 0 spiro atoms. The Hall–Kier alpha value is -1.83. The number of halogens is 1. The van der Waals surface area contributed by atoms with Crippen molar-refractivity contribution in [3.05, 3.63) is 58.1 Å². The molecule has 4 heteroatoms. The van der Waals surface area contributed by atoms with Crippen LogP contribution in [0.5, 0.6) is 11.5 Å². The molecule has 0 fully saturated rings. The standard InChI is InChI=1S/C17H17BrN2O/c1-12(2)20-11-13-3-8-17(14(9-13)10-19)21-16-6-4-15(18)5-7-16/h3-9,12,20H,11H2,1-2H3. The maximum atomic E-state index is 9.28. The molecule has 0 aromatic heterocycles. The fourth-order valence-corrected chi connectivity index (χ4v) is 2.08. The lowest BCUT2D eigenvalue weighted by molar-refractivity contribution is 0.480. The van der Waals surface area contributed by atoms with Crippen LogP contribution in [-0.4, -0.2) is 6.04 Å². The third kappa shape index (κ3) is 4.59.